The van der Waals surface area contributed by atoms with Crippen molar-refractivity contribution in [1.82, 2.24) is 4.90 Å². The third kappa shape index (κ3) is 4.88. The third-order valence-corrected chi connectivity index (χ3v) is 5.08. The van der Waals surface area contributed by atoms with Gasteiger partial charge in [-0.1, -0.05) is 13.8 Å². The number of hydrogen-bond donors (Lipinski definition) is 0. The van der Waals surface area contributed by atoms with Gasteiger partial charge in [0, 0.05) is 18.3 Å². The van der Waals surface area contributed by atoms with Gasteiger partial charge in [-0.2, -0.15) is 0 Å². The molecule has 0 radical (unpaired) electrons. The number of rotatable bonds is 4. The molecule has 0 amide bonds. The molecule has 0 saturated carbocycles. The summed E-state index contributed by atoms with van der Waals surface area (Å²) in [4.78, 5) is 2.56. The molecule has 0 aromatic rings. The molecule has 0 spiro atoms. The summed E-state index contributed by atoms with van der Waals surface area (Å²) < 4.78 is 23.0. The van der Waals surface area contributed by atoms with Gasteiger partial charge in [0.05, 0.1) is 5.75 Å². The van der Waals surface area contributed by atoms with E-state index in [9.17, 15) is 8.42 Å². The van der Waals surface area contributed by atoms with Gasteiger partial charge in [0.25, 0.3) is 0 Å². The van der Waals surface area contributed by atoms with Gasteiger partial charge in [0.15, 0.2) is 0 Å². The molecule has 2 unspecified atom stereocenters. The van der Waals surface area contributed by atoms with Crippen LogP contribution in [-0.4, -0.2) is 44.0 Å². The van der Waals surface area contributed by atoms with E-state index < -0.39 is 9.84 Å². The maximum absolute atomic E-state index is 11.5. The fourth-order valence-electron chi connectivity index (χ4n) is 3.20. The normalized spacial score (nSPS) is 27.7. The van der Waals surface area contributed by atoms with E-state index in [0.29, 0.717) is 29.7 Å². The number of nitrogens with zero attached hydrogens (tertiary/aromatic N) is 1. The summed E-state index contributed by atoms with van der Waals surface area (Å²) in [5, 5.41) is 0. The van der Waals surface area contributed by atoms with E-state index in [2.05, 4.69) is 32.6 Å². The SMILES string of the molecule is CC(C)C1CC(CS(C)(=O)=O)CCCN1C(C)C. The van der Waals surface area contributed by atoms with Crippen LogP contribution >= 0.6 is 0 Å². The molecule has 0 aromatic heterocycles. The maximum atomic E-state index is 11.5. The molecule has 1 aliphatic heterocycles. The van der Waals surface area contributed by atoms with Crippen LogP contribution in [0.2, 0.25) is 0 Å². The molecule has 1 saturated heterocycles. The molecular formula is C14H29NO2S. The molecule has 0 aromatic carbocycles. The Morgan fingerprint density at radius 2 is 1.83 bits per heavy atom. The van der Waals surface area contributed by atoms with Crippen molar-refractivity contribution < 1.29 is 8.42 Å². The molecule has 1 aliphatic rings. The van der Waals surface area contributed by atoms with E-state index in [0.717, 1.165) is 25.8 Å². The summed E-state index contributed by atoms with van der Waals surface area (Å²) in [6.45, 7) is 10.1. The first kappa shape index (κ1) is 16.0. The molecule has 4 heteroatoms. The first-order valence-electron chi connectivity index (χ1n) is 7.14. The summed E-state index contributed by atoms with van der Waals surface area (Å²) in [5.41, 5.74) is 0. The number of hydrogen-bond acceptors (Lipinski definition) is 3. The largest absolute Gasteiger partial charge is 0.298 e. The fraction of sp³-hybridized carbons (Fsp3) is 1.00. The van der Waals surface area contributed by atoms with Crippen LogP contribution in [0.4, 0.5) is 0 Å². The summed E-state index contributed by atoms with van der Waals surface area (Å²) in [7, 11) is -2.85. The third-order valence-electron chi connectivity index (χ3n) is 4.00. The van der Waals surface area contributed by atoms with Crippen LogP contribution in [0.5, 0.6) is 0 Å². The van der Waals surface area contributed by atoms with Crippen LogP contribution in [0, 0.1) is 11.8 Å². The molecule has 0 aliphatic carbocycles. The van der Waals surface area contributed by atoms with Crippen molar-refractivity contribution in [2.45, 2.75) is 59.0 Å². The van der Waals surface area contributed by atoms with Crippen molar-refractivity contribution in [2.24, 2.45) is 11.8 Å². The van der Waals surface area contributed by atoms with E-state index >= 15 is 0 Å². The predicted molar refractivity (Wildman–Crippen MR) is 77.5 cm³/mol. The number of likely N-dealkylation sites (tertiary alicyclic amines) is 1. The van der Waals surface area contributed by atoms with E-state index in [1.54, 1.807) is 0 Å². The zero-order valence-corrected chi connectivity index (χ0v) is 13.3. The highest BCUT2D eigenvalue weighted by Gasteiger charge is 2.30. The van der Waals surface area contributed by atoms with Crippen LogP contribution in [0.15, 0.2) is 0 Å². The maximum Gasteiger partial charge on any atom is 0.147 e. The van der Waals surface area contributed by atoms with Crippen molar-refractivity contribution >= 4 is 9.84 Å². The molecule has 1 fully saturated rings. The highest BCUT2D eigenvalue weighted by atomic mass is 32.2. The summed E-state index contributed by atoms with van der Waals surface area (Å²) in [6.07, 6.45) is 4.58. The Morgan fingerprint density at radius 1 is 1.22 bits per heavy atom. The van der Waals surface area contributed by atoms with Gasteiger partial charge in [-0.25, -0.2) is 8.42 Å². The van der Waals surface area contributed by atoms with Gasteiger partial charge < -0.3 is 0 Å². The van der Waals surface area contributed by atoms with Gasteiger partial charge >= 0.3 is 0 Å². The lowest BCUT2D eigenvalue weighted by Gasteiger charge is -2.36. The van der Waals surface area contributed by atoms with Crippen LogP contribution in [0.1, 0.15) is 47.0 Å². The molecule has 108 valence electrons. The molecule has 18 heavy (non-hydrogen) atoms. The van der Waals surface area contributed by atoms with E-state index in [4.69, 9.17) is 0 Å². The average Bonchev–Trinajstić information content (AvgIpc) is 2.37. The number of sulfone groups is 1. The van der Waals surface area contributed by atoms with Crippen LogP contribution < -0.4 is 0 Å². The van der Waals surface area contributed by atoms with Crippen LogP contribution in [0.25, 0.3) is 0 Å². The minimum atomic E-state index is -2.85. The Balaban J connectivity index is 2.79. The van der Waals surface area contributed by atoms with Crippen molar-refractivity contribution in [1.29, 1.82) is 0 Å². The minimum absolute atomic E-state index is 0.344. The fourth-order valence-corrected chi connectivity index (χ4v) is 4.36. The Bertz CT molecular complexity index is 349. The van der Waals surface area contributed by atoms with Crippen molar-refractivity contribution in [3.63, 3.8) is 0 Å². The Morgan fingerprint density at radius 3 is 2.28 bits per heavy atom. The summed E-state index contributed by atoms with van der Waals surface area (Å²) >= 11 is 0. The van der Waals surface area contributed by atoms with E-state index in [1.807, 2.05) is 0 Å². The second kappa shape index (κ2) is 6.38. The van der Waals surface area contributed by atoms with Gasteiger partial charge in [-0.3, -0.25) is 4.90 Å². The molecule has 2 atom stereocenters. The Kier molecular flexibility index (Phi) is 5.66. The van der Waals surface area contributed by atoms with Gasteiger partial charge in [0.1, 0.15) is 9.84 Å². The monoisotopic (exact) mass is 275 g/mol. The average molecular weight is 275 g/mol. The lowest BCUT2D eigenvalue weighted by molar-refractivity contribution is 0.116. The first-order valence-corrected chi connectivity index (χ1v) is 9.20. The molecule has 0 bridgehead atoms. The summed E-state index contributed by atoms with van der Waals surface area (Å²) in [6, 6.07) is 1.08. The molecule has 1 rings (SSSR count). The van der Waals surface area contributed by atoms with Crippen LogP contribution in [-0.2, 0) is 9.84 Å². The molecule has 0 N–H and O–H groups in total. The lowest BCUT2D eigenvalue weighted by atomic mass is 9.91. The first-order chi connectivity index (χ1) is 8.20. The Hall–Kier alpha value is -0.0900. The zero-order chi connectivity index (χ0) is 13.9. The molecule has 3 nitrogen and oxygen atoms in total. The zero-order valence-electron chi connectivity index (χ0n) is 12.5. The second-order valence-corrected chi connectivity index (χ2v) is 8.66. The van der Waals surface area contributed by atoms with Crippen molar-refractivity contribution in [3.8, 4) is 0 Å². The van der Waals surface area contributed by atoms with Gasteiger partial charge in [-0.05, 0) is 51.5 Å². The highest BCUT2D eigenvalue weighted by Crippen LogP contribution is 2.29. The Labute approximate surface area is 113 Å². The predicted octanol–water partition coefficient (Wildman–Crippen LogP) is 2.57. The molecule has 1 heterocycles. The minimum Gasteiger partial charge on any atom is -0.298 e. The topological polar surface area (TPSA) is 37.4 Å². The van der Waals surface area contributed by atoms with Gasteiger partial charge in [-0.15, -0.1) is 0 Å². The highest BCUT2D eigenvalue weighted by molar-refractivity contribution is 7.90. The summed E-state index contributed by atoms with van der Waals surface area (Å²) in [5.74, 6) is 1.30. The second-order valence-electron chi connectivity index (χ2n) is 6.48. The lowest BCUT2D eigenvalue weighted by Crippen LogP contribution is -2.43. The van der Waals surface area contributed by atoms with Crippen LogP contribution in [0.3, 0.4) is 0 Å². The van der Waals surface area contributed by atoms with Gasteiger partial charge in [0.2, 0.25) is 0 Å². The smallest absolute Gasteiger partial charge is 0.147 e. The van der Waals surface area contributed by atoms with Crippen molar-refractivity contribution in [2.75, 3.05) is 18.6 Å². The van der Waals surface area contributed by atoms with E-state index in [1.165, 1.54) is 6.26 Å². The molecular weight excluding hydrogens is 246 g/mol. The quantitative estimate of drug-likeness (QED) is 0.791. The van der Waals surface area contributed by atoms with E-state index in [-0.39, 0.29) is 0 Å². The standard InChI is InChI=1S/C14H29NO2S/c1-11(2)14-9-13(10-18(5,16)17)7-6-8-15(14)12(3)4/h11-14H,6-10H2,1-5H3. The van der Waals surface area contributed by atoms with Crippen molar-refractivity contribution in [3.05, 3.63) is 0 Å².